The fourth-order valence-electron chi connectivity index (χ4n) is 2.29. The van der Waals surface area contributed by atoms with E-state index in [1.165, 1.54) is 18.2 Å². The second kappa shape index (κ2) is 9.16. The number of aromatic nitrogens is 1. The quantitative estimate of drug-likeness (QED) is 0.706. The molecule has 0 aliphatic carbocycles. The minimum absolute atomic E-state index is 0.00361. The number of unbranched alkanes of at least 4 members (excludes halogenated alkanes) is 2. The standard InChI is InChI=1S/C19H20F3N3O2/c1-2-3-4-12-23-17(26)15-6-5-7-16(25-15)18(27)24-14-10-8-13(9-11-14)19(20,21)22/h5-11H,2-4,12H2,1H3,(H,23,26)(H,24,27). The fourth-order valence-corrected chi connectivity index (χ4v) is 2.29. The topological polar surface area (TPSA) is 71.1 Å². The van der Waals surface area contributed by atoms with E-state index in [0.717, 1.165) is 43.5 Å². The van der Waals surface area contributed by atoms with Crippen molar-refractivity contribution in [3.63, 3.8) is 0 Å². The first kappa shape index (κ1) is 20.4. The molecule has 2 amide bonds. The molecule has 0 radical (unpaired) electrons. The van der Waals surface area contributed by atoms with Gasteiger partial charge in [0.05, 0.1) is 5.56 Å². The first-order valence-corrected chi connectivity index (χ1v) is 8.55. The number of amides is 2. The normalized spacial score (nSPS) is 11.1. The average Bonchev–Trinajstić information content (AvgIpc) is 2.65. The third kappa shape index (κ3) is 6.09. The van der Waals surface area contributed by atoms with Crippen molar-refractivity contribution >= 4 is 17.5 Å². The SMILES string of the molecule is CCCCCNC(=O)c1cccc(C(=O)Nc2ccc(C(F)(F)F)cc2)n1. The molecule has 1 aromatic carbocycles. The molecule has 0 saturated heterocycles. The molecule has 27 heavy (non-hydrogen) atoms. The summed E-state index contributed by atoms with van der Waals surface area (Å²) in [5.74, 6) is -0.995. The predicted octanol–water partition coefficient (Wildman–Crippen LogP) is 4.27. The van der Waals surface area contributed by atoms with E-state index in [9.17, 15) is 22.8 Å². The number of pyridine rings is 1. The van der Waals surface area contributed by atoms with Crippen LogP contribution in [0.15, 0.2) is 42.5 Å². The Morgan fingerprint density at radius 3 is 2.19 bits per heavy atom. The number of carbonyl (C=O) groups is 2. The smallest absolute Gasteiger partial charge is 0.351 e. The summed E-state index contributed by atoms with van der Waals surface area (Å²) in [6, 6.07) is 8.51. The molecular formula is C19H20F3N3O2. The van der Waals surface area contributed by atoms with Crippen LogP contribution in [0.4, 0.5) is 18.9 Å². The Balaban J connectivity index is 2.01. The first-order valence-electron chi connectivity index (χ1n) is 8.55. The van der Waals surface area contributed by atoms with Crippen LogP contribution in [0.3, 0.4) is 0 Å². The molecule has 0 aliphatic heterocycles. The molecule has 0 spiro atoms. The Morgan fingerprint density at radius 1 is 0.963 bits per heavy atom. The number of benzene rings is 1. The zero-order valence-corrected chi connectivity index (χ0v) is 14.8. The lowest BCUT2D eigenvalue weighted by Crippen LogP contribution is -2.26. The van der Waals surface area contributed by atoms with Crippen molar-refractivity contribution in [1.82, 2.24) is 10.3 Å². The van der Waals surface area contributed by atoms with Gasteiger partial charge in [-0.15, -0.1) is 0 Å². The number of nitrogens with zero attached hydrogens (tertiary/aromatic N) is 1. The summed E-state index contributed by atoms with van der Waals surface area (Å²) in [4.78, 5) is 28.3. The van der Waals surface area contributed by atoms with Gasteiger partial charge < -0.3 is 10.6 Å². The van der Waals surface area contributed by atoms with E-state index in [0.29, 0.717) is 6.54 Å². The van der Waals surface area contributed by atoms with Gasteiger partial charge in [-0.2, -0.15) is 13.2 Å². The molecule has 0 atom stereocenters. The monoisotopic (exact) mass is 379 g/mol. The molecule has 0 fully saturated rings. The van der Waals surface area contributed by atoms with Gasteiger partial charge in [-0.25, -0.2) is 4.98 Å². The molecule has 2 N–H and O–H groups in total. The summed E-state index contributed by atoms with van der Waals surface area (Å²) in [7, 11) is 0. The fraction of sp³-hybridized carbons (Fsp3) is 0.316. The Kier molecular flexibility index (Phi) is 6.92. The number of alkyl halides is 3. The van der Waals surface area contributed by atoms with E-state index >= 15 is 0 Å². The summed E-state index contributed by atoms with van der Waals surface area (Å²) in [6.45, 7) is 2.58. The Bertz CT molecular complexity index is 790. The van der Waals surface area contributed by atoms with Gasteiger partial charge in [0, 0.05) is 12.2 Å². The van der Waals surface area contributed by atoms with Gasteiger partial charge in [0.15, 0.2) is 0 Å². The van der Waals surface area contributed by atoms with Gasteiger partial charge in [-0.1, -0.05) is 25.8 Å². The molecule has 2 aromatic rings. The number of nitrogens with one attached hydrogen (secondary N) is 2. The van der Waals surface area contributed by atoms with Crippen LogP contribution in [0.25, 0.3) is 0 Å². The van der Waals surface area contributed by atoms with Gasteiger partial charge in [0.1, 0.15) is 11.4 Å². The van der Waals surface area contributed by atoms with E-state index in [-0.39, 0.29) is 23.0 Å². The summed E-state index contributed by atoms with van der Waals surface area (Å²) in [6.07, 6.45) is -1.55. The maximum atomic E-state index is 12.6. The molecule has 1 heterocycles. The lowest BCUT2D eigenvalue weighted by atomic mass is 10.2. The third-order valence-electron chi connectivity index (χ3n) is 3.75. The van der Waals surface area contributed by atoms with E-state index < -0.39 is 17.6 Å². The predicted molar refractivity (Wildman–Crippen MR) is 95.5 cm³/mol. The second-order valence-corrected chi connectivity index (χ2v) is 5.90. The van der Waals surface area contributed by atoms with E-state index in [2.05, 4.69) is 22.5 Å². The number of hydrogen-bond donors (Lipinski definition) is 2. The zero-order chi connectivity index (χ0) is 19.9. The van der Waals surface area contributed by atoms with Crippen LogP contribution >= 0.6 is 0 Å². The highest BCUT2D eigenvalue weighted by Gasteiger charge is 2.30. The van der Waals surface area contributed by atoms with Gasteiger partial charge >= 0.3 is 6.18 Å². The maximum absolute atomic E-state index is 12.6. The second-order valence-electron chi connectivity index (χ2n) is 5.90. The van der Waals surface area contributed by atoms with Crippen molar-refractivity contribution in [2.75, 3.05) is 11.9 Å². The highest BCUT2D eigenvalue weighted by Crippen LogP contribution is 2.29. The van der Waals surface area contributed by atoms with Crippen molar-refractivity contribution in [3.05, 3.63) is 59.4 Å². The summed E-state index contributed by atoms with van der Waals surface area (Å²) < 4.78 is 37.7. The highest BCUT2D eigenvalue weighted by molar-refractivity contribution is 6.03. The molecule has 0 bridgehead atoms. The Labute approximate surface area is 155 Å². The number of rotatable bonds is 7. The van der Waals surface area contributed by atoms with Crippen LogP contribution in [-0.4, -0.2) is 23.3 Å². The van der Waals surface area contributed by atoms with Crippen LogP contribution < -0.4 is 10.6 Å². The number of hydrogen-bond acceptors (Lipinski definition) is 3. The maximum Gasteiger partial charge on any atom is 0.416 e. The summed E-state index contributed by atoms with van der Waals surface area (Å²) in [5, 5.41) is 5.19. The van der Waals surface area contributed by atoms with Crippen molar-refractivity contribution in [2.24, 2.45) is 0 Å². The number of carbonyl (C=O) groups excluding carboxylic acids is 2. The minimum atomic E-state index is -4.44. The van der Waals surface area contributed by atoms with Crippen LogP contribution in [0.2, 0.25) is 0 Å². The van der Waals surface area contributed by atoms with E-state index in [4.69, 9.17) is 0 Å². The molecule has 1 aromatic heterocycles. The molecule has 0 unspecified atom stereocenters. The van der Waals surface area contributed by atoms with E-state index in [1.54, 1.807) is 0 Å². The van der Waals surface area contributed by atoms with Crippen molar-refractivity contribution in [2.45, 2.75) is 32.4 Å². The van der Waals surface area contributed by atoms with Crippen molar-refractivity contribution in [3.8, 4) is 0 Å². The number of halogens is 3. The summed E-state index contributed by atoms with van der Waals surface area (Å²) >= 11 is 0. The lowest BCUT2D eigenvalue weighted by Gasteiger charge is -2.09. The van der Waals surface area contributed by atoms with Gasteiger partial charge in [-0.05, 0) is 42.8 Å². The third-order valence-corrected chi connectivity index (χ3v) is 3.75. The molecule has 0 saturated carbocycles. The molecule has 8 heteroatoms. The van der Waals surface area contributed by atoms with Gasteiger partial charge in [-0.3, -0.25) is 9.59 Å². The molecule has 2 rings (SSSR count). The van der Waals surface area contributed by atoms with E-state index in [1.807, 2.05) is 0 Å². The molecule has 144 valence electrons. The Morgan fingerprint density at radius 2 is 1.59 bits per heavy atom. The minimum Gasteiger partial charge on any atom is -0.351 e. The van der Waals surface area contributed by atoms with Crippen LogP contribution in [0, 0.1) is 0 Å². The van der Waals surface area contributed by atoms with Crippen molar-refractivity contribution < 1.29 is 22.8 Å². The number of anilines is 1. The van der Waals surface area contributed by atoms with Crippen LogP contribution in [-0.2, 0) is 6.18 Å². The molecule has 0 aliphatic rings. The van der Waals surface area contributed by atoms with Gasteiger partial charge in [0.25, 0.3) is 11.8 Å². The first-order chi connectivity index (χ1) is 12.8. The highest BCUT2D eigenvalue weighted by atomic mass is 19.4. The van der Waals surface area contributed by atoms with Gasteiger partial charge in [0.2, 0.25) is 0 Å². The van der Waals surface area contributed by atoms with Crippen LogP contribution in [0.1, 0.15) is 52.7 Å². The average molecular weight is 379 g/mol. The lowest BCUT2D eigenvalue weighted by molar-refractivity contribution is -0.137. The van der Waals surface area contributed by atoms with Crippen molar-refractivity contribution in [1.29, 1.82) is 0 Å². The largest absolute Gasteiger partial charge is 0.416 e. The summed E-state index contributed by atoms with van der Waals surface area (Å²) in [5.41, 5.74) is -0.507. The zero-order valence-electron chi connectivity index (χ0n) is 14.8. The van der Waals surface area contributed by atoms with Crippen LogP contribution in [0.5, 0.6) is 0 Å². The molecular weight excluding hydrogens is 359 g/mol. The molecule has 5 nitrogen and oxygen atoms in total. The Hall–Kier alpha value is -2.90.